The van der Waals surface area contributed by atoms with Gasteiger partial charge in [-0.15, -0.1) is 0 Å². The highest BCUT2D eigenvalue weighted by Crippen LogP contribution is 2.18. The van der Waals surface area contributed by atoms with Gasteiger partial charge >= 0.3 is 0 Å². The highest BCUT2D eigenvalue weighted by molar-refractivity contribution is 7.89. The van der Waals surface area contributed by atoms with Gasteiger partial charge in [0.15, 0.2) is 0 Å². The maximum Gasteiger partial charge on any atom is 0.242 e. The molecule has 4 nitrogen and oxygen atoms in total. The van der Waals surface area contributed by atoms with Gasteiger partial charge in [-0.05, 0) is 24.6 Å². The van der Waals surface area contributed by atoms with E-state index < -0.39 is 10.0 Å². The van der Waals surface area contributed by atoms with Crippen LogP contribution in [0.5, 0.6) is 0 Å². The molecule has 1 N–H and O–H groups in total. The smallest absolute Gasteiger partial charge is 0.242 e. The van der Waals surface area contributed by atoms with Gasteiger partial charge in [-0.1, -0.05) is 30.3 Å². The lowest BCUT2D eigenvalue weighted by atomic mass is 10.1. The minimum Gasteiger partial charge on any atom is -0.305 e. The Labute approximate surface area is 120 Å². The molecule has 0 saturated heterocycles. The molecule has 6 heteroatoms. The molecule has 0 aliphatic rings. The van der Waals surface area contributed by atoms with Gasteiger partial charge in [0.2, 0.25) is 10.0 Å². The summed E-state index contributed by atoms with van der Waals surface area (Å²) < 4.78 is 25.0. The van der Waals surface area contributed by atoms with Crippen molar-refractivity contribution in [2.24, 2.45) is 0 Å². The van der Waals surface area contributed by atoms with E-state index in [-0.39, 0.29) is 10.9 Å². The summed E-state index contributed by atoms with van der Waals surface area (Å²) in [6.45, 7) is 6.10. The largest absolute Gasteiger partial charge is 0.305 e. The number of sulfonamides is 1. The third-order valence-electron chi connectivity index (χ3n) is 2.76. The number of hydrogen-bond donors (Lipinski definition) is 1. The Kier molecular flexibility index (Phi) is 5.55. The fourth-order valence-electron chi connectivity index (χ4n) is 1.52. The second-order valence-corrected chi connectivity index (χ2v) is 7.16. The molecule has 1 rings (SSSR count). The highest BCUT2D eigenvalue weighted by Gasteiger charge is 2.17. The molecule has 0 bridgehead atoms. The SMILES string of the molecule is C=C(Cl)CNC(C)c1ccc(S(=O)(=O)N(C)C)cc1. The molecular formula is C13H19ClN2O2S. The Hall–Kier alpha value is -0.880. The van der Waals surface area contributed by atoms with Gasteiger partial charge in [0.1, 0.15) is 0 Å². The van der Waals surface area contributed by atoms with Crippen molar-refractivity contribution in [3.8, 4) is 0 Å². The fraction of sp³-hybridized carbons (Fsp3) is 0.385. The quantitative estimate of drug-likeness (QED) is 0.877. The minimum absolute atomic E-state index is 0.0756. The summed E-state index contributed by atoms with van der Waals surface area (Å²) in [4.78, 5) is 0.287. The lowest BCUT2D eigenvalue weighted by molar-refractivity contribution is 0.520. The molecule has 0 amide bonds. The molecule has 1 unspecified atom stereocenters. The summed E-state index contributed by atoms with van der Waals surface area (Å²) in [7, 11) is -0.341. The van der Waals surface area contributed by atoms with Crippen molar-refractivity contribution >= 4 is 21.6 Å². The van der Waals surface area contributed by atoms with E-state index in [0.29, 0.717) is 11.6 Å². The van der Waals surface area contributed by atoms with Crippen LogP contribution in [0, 0.1) is 0 Å². The van der Waals surface area contributed by atoms with Crippen LogP contribution in [0.2, 0.25) is 0 Å². The Morgan fingerprint density at radius 3 is 2.32 bits per heavy atom. The second-order valence-electron chi connectivity index (χ2n) is 4.48. The predicted molar refractivity (Wildman–Crippen MR) is 78.7 cm³/mol. The Balaban J connectivity index is 2.85. The summed E-state index contributed by atoms with van der Waals surface area (Å²) in [5, 5.41) is 3.73. The Bertz CT molecular complexity index is 538. The van der Waals surface area contributed by atoms with E-state index in [2.05, 4.69) is 11.9 Å². The first-order chi connectivity index (χ1) is 8.75. The molecule has 0 spiro atoms. The van der Waals surface area contributed by atoms with E-state index >= 15 is 0 Å². The molecule has 1 atom stereocenters. The Morgan fingerprint density at radius 1 is 1.37 bits per heavy atom. The third kappa shape index (κ3) is 4.31. The van der Waals surface area contributed by atoms with E-state index in [0.717, 1.165) is 5.56 Å². The van der Waals surface area contributed by atoms with Gasteiger partial charge in [-0.2, -0.15) is 0 Å². The highest BCUT2D eigenvalue weighted by atomic mass is 35.5. The van der Waals surface area contributed by atoms with Gasteiger partial charge in [0, 0.05) is 31.7 Å². The van der Waals surface area contributed by atoms with Crippen LogP contribution in [0.3, 0.4) is 0 Å². The summed E-state index contributed by atoms with van der Waals surface area (Å²) in [6, 6.07) is 6.89. The van der Waals surface area contributed by atoms with Crippen molar-refractivity contribution in [1.82, 2.24) is 9.62 Å². The minimum atomic E-state index is -3.37. The van der Waals surface area contributed by atoms with Crippen LogP contribution in [0.4, 0.5) is 0 Å². The zero-order valence-electron chi connectivity index (χ0n) is 11.4. The van der Waals surface area contributed by atoms with Gasteiger partial charge < -0.3 is 5.32 Å². The van der Waals surface area contributed by atoms with E-state index in [4.69, 9.17) is 11.6 Å². The molecular weight excluding hydrogens is 284 g/mol. The molecule has 1 aromatic rings. The van der Waals surface area contributed by atoms with Gasteiger partial charge in [0.05, 0.1) is 4.90 Å². The first-order valence-corrected chi connectivity index (χ1v) is 7.66. The first-order valence-electron chi connectivity index (χ1n) is 5.84. The zero-order chi connectivity index (χ0) is 14.6. The van der Waals surface area contributed by atoms with Crippen LogP contribution in [-0.4, -0.2) is 33.4 Å². The summed E-state index contributed by atoms with van der Waals surface area (Å²) in [5.41, 5.74) is 0.996. The van der Waals surface area contributed by atoms with Crippen LogP contribution in [0.25, 0.3) is 0 Å². The normalized spacial score (nSPS) is 13.5. The maximum absolute atomic E-state index is 11.9. The zero-order valence-corrected chi connectivity index (χ0v) is 12.9. The van der Waals surface area contributed by atoms with Crippen LogP contribution < -0.4 is 5.32 Å². The summed E-state index contributed by atoms with van der Waals surface area (Å²) >= 11 is 5.69. The molecule has 0 radical (unpaired) electrons. The summed E-state index contributed by atoms with van der Waals surface area (Å²) in [5.74, 6) is 0. The molecule has 1 aromatic carbocycles. The van der Waals surface area contributed by atoms with Crippen LogP contribution in [0.15, 0.2) is 40.8 Å². The van der Waals surface area contributed by atoms with Crippen LogP contribution in [-0.2, 0) is 10.0 Å². The first kappa shape index (κ1) is 16.2. The molecule has 0 aromatic heterocycles. The monoisotopic (exact) mass is 302 g/mol. The lowest BCUT2D eigenvalue weighted by Gasteiger charge is -2.15. The van der Waals surface area contributed by atoms with E-state index in [1.165, 1.54) is 18.4 Å². The van der Waals surface area contributed by atoms with E-state index in [9.17, 15) is 8.42 Å². The van der Waals surface area contributed by atoms with Crippen molar-refractivity contribution in [2.75, 3.05) is 20.6 Å². The van der Waals surface area contributed by atoms with Gasteiger partial charge in [-0.25, -0.2) is 12.7 Å². The number of halogens is 1. The van der Waals surface area contributed by atoms with E-state index in [1.54, 1.807) is 24.3 Å². The average Bonchev–Trinajstić information content (AvgIpc) is 2.35. The van der Waals surface area contributed by atoms with Gasteiger partial charge in [-0.3, -0.25) is 0 Å². The number of benzene rings is 1. The molecule has 0 aliphatic carbocycles. The average molecular weight is 303 g/mol. The maximum atomic E-state index is 11.9. The number of nitrogens with one attached hydrogen (secondary N) is 1. The summed E-state index contributed by atoms with van der Waals surface area (Å²) in [6.07, 6.45) is 0. The van der Waals surface area contributed by atoms with Crippen molar-refractivity contribution in [1.29, 1.82) is 0 Å². The lowest BCUT2D eigenvalue weighted by Crippen LogP contribution is -2.22. The fourth-order valence-corrected chi connectivity index (χ4v) is 2.50. The van der Waals surface area contributed by atoms with Crippen LogP contribution >= 0.6 is 11.6 Å². The second kappa shape index (κ2) is 6.52. The van der Waals surface area contributed by atoms with E-state index in [1.807, 2.05) is 6.92 Å². The number of hydrogen-bond acceptors (Lipinski definition) is 3. The van der Waals surface area contributed by atoms with Crippen LogP contribution in [0.1, 0.15) is 18.5 Å². The van der Waals surface area contributed by atoms with Crippen molar-refractivity contribution in [2.45, 2.75) is 17.9 Å². The molecule has 19 heavy (non-hydrogen) atoms. The number of rotatable bonds is 6. The van der Waals surface area contributed by atoms with Crippen molar-refractivity contribution < 1.29 is 8.42 Å². The molecule has 0 saturated carbocycles. The van der Waals surface area contributed by atoms with Crippen molar-refractivity contribution in [3.63, 3.8) is 0 Å². The van der Waals surface area contributed by atoms with Crippen molar-refractivity contribution in [3.05, 3.63) is 41.4 Å². The molecule has 0 fully saturated rings. The molecule has 0 aliphatic heterocycles. The number of nitrogens with zero attached hydrogens (tertiary/aromatic N) is 1. The topological polar surface area (TPSA) is 49.4 Å². The third-order valence-corrected chi connectivity index (χ3v) is 4.72. The van der Waals surface area contributed by atoms with Gasteiger partial charge in [0.25, 0.3) is 0 Å². The standard InChI is InChI=1S/C13H19ClN2O2S/c1-10(14)9-15-11(2)12-5-7-13(8-6-12)19(17,18)16(3)4/h5-8,11,15H,1,9H2,2-4H3. The molecule has 0 heterocycles. The molecule has 106 valence electrons. The Morgan fingerprint density at radius 2 is 1.89 bits per heavy atom. The predicted octanol–water partition coefficient (Wildman–Crippen LogP) is 2.34.